The first-order chi connectivity index (χ1) is 7.93. The molecule has 3 N–H and O–H groups in total. The Balaban J connectivity index is 2.46. The number of hydrogen-bond acceptors (Lipinski definition) is 4. The molecule has 0 aromatic carbocycles. The summed E-state index contributed by atoms with van der Waals surface area (Å²) >= 11 is 0. The van der Waals surface area contributed by atoms with E-state index in [0.717, 1.165) is 19.4 Å². The van der Waals surface area contributed by atoms with E-state index < -0.39 is 5.97 Å². The van der Waals surface area contributed by atoms with Gasteiger partial charge in [-0.05, 0) is 32.8 Å². The molecule has 2 rings (SSSR count). The molecule has 0 amide bonds. The molecule has 0 spiro atoms. The van der Waals surface area contributed by atoms with Crippen molar-refractivity contribution in [3.63, 3.8) is 0 Å². The summed E-state index contributed by atoms with van der Waals surface area (Å²) in [6.07, 6.45) is 3.64. The monoisotopic (exact) mass is 235 g/mol. The topological polar surface area (TPSA) is 79.5 Å². The van der Waals surface area contributed by atoms with E-state index in [2.05, 4.69) is 23.7 Å². The third-order valence-electron chi connectivity index (χ3n) is 3.36. The van der Waals surface area contributed by atoms with Crippen LogP contribution in [0.25, 0.3) is 0 Å². The molecule has 1 aliphatic heterocycles. The van der Waals surface area contributed by atoms with Crippen molar-refractivity contribution in [3.05, 3.63) is 17.8 Å². The van der Waals surface area contributed by atoms with Crippen molar-refractivity contribution >= 4 is 17.5 Å². The van der Waals surface area contributed by atoms with E-state index in [1.165, 1.54) is 12.3 Å². The number of hydrogen-bond donors (Lipinski definition) is 2. The van der Waals surface area contributed by atoms with Crippen molar-refractivity contribution in [1.29, 1.82) is 0 Å². The van der Waals surface area contributed by atoms with Gasteiger partial charge in [0.1, 0.15) is 0 Å². The van der Waals surface area contributed by atoms with Crippen LogP contribution in [0.4, 0.5) is 11.5 Å². The largest absolute Gasteiger partial charge is 0.478 e. The summed E-state index contributed by atoms with van der Waals surface area (Å²) in [4.78, 5) is 17.4. The first-order valence-corrected chi connectivity index (χ1v) is 5.69. The Morgan fingerprint density at radius 3 is 2.82 bits per heavy atom. The Morgan fingerprint density at radius 2 is 2.29 bits per heavy atom. The lowest BCUT2D eigenvalue weighted by Crippen LogP contribution is -2.39. The number of aromatic carboxylic acids is 1. The van der Waals surface area contributed by atoms with Gasteiger partial charge in [0, 0.05) is 18.3 Å². The molecule has 5 nitrogen and oxygen atoms in total. The molecule has 1 aliphatic rings. The fourth-order valence-electron chi connectivity index (χ4n) is 2.36. The maximum absolute atomic E-state index is 11.0. The summed E-state index contributed by atoms with van der Waals surface area (Å²) in [6.45, 7) is 5.11. The Hall–Kier alpha value is -1.78. The molecular formula is C12H17N3O2. The number of nitrogens with two attached hydrogens (primary N) is 1. The molecule has 0 aliphatic carbocycles. The average molecular weight is 235 g/mol. The van der Waals surface area contributed by atoms with Gasteiger partial charge in [-0.2, -0.15) is 0 Å². The molecule has 1 saturated heterocycles. The molecule has 0 atom stereocenters. The quantitative estimate of drug-likeness (QED) is 0.816. The van der Waals surface area contributed by atoms with Crippen molar-refractivity contribution in [2.75, 3.05) is 17.2 Å². The number of rotatable bonds is 2. The van der Waals surface area contributed by atoms with Gasteiger partial charge >= 0.3 is 5.97 Å². The van der Waals surface area contributed by atoms with Crippen LogP contribution in [0, 0.1) is 0 Å². The van der Waals surface area contributed by atoms with Gasteiger partial charge in [0.25, 0.3) is 0 Å². The second-order valence-electron chi connectivity index (χ2n) is 4.97. The van der Waals surface area contributed by atoms with Crippen LogP contribution in [0.15, 0.2) is 12.3 Å². The highest BCUT2D eigenvalue weighted by atomic mass is 16.4. The standard InChI is InChI=1S/C12H17N3O2/c1-12(2)5-3-7-15(12)10-9(13)8(11(16)17)4-6-14-10/h4,6H,3,5,7,13H2,1-2H3,(H,16,17). The zero-order valence-electron chi connectivity index (χ0n) is 10.1. The SMILES string of the molecule is CC1(C)CCCN1c1nccc(C(=O)O)c1N. The van der Waals surface area contributed by atoms with Crippen LogP contribution < -0.4 is 10.6 Å². The van der Waals surface area contributed by atoms with E-state index in [0.29, 0.717) is 5.82 Å². The number of carbonyl (C=O) groups is 1. The Morgan fingerprint density at radius 1 is 1.59 bits per heavy atom. The molecule has 1 fully saturated rings. The molecule has 17 heavy (non-hydrogen) atoms. The molecule has 5 heteroatoms. The van der Waals surface area contributed by atoms with Gasteiger partial charge in [0.05, 0.1) is 11.3 Å². The maximum atomic E-state index is 11.0. The molecule has 1 aromatic rings. The first kappa shape index (κ1) is 11.7. The minimum Gasteiger partial charge on any atom is -0.478 e. The minimum absolute atomic E-state index is 0.0156. The summed E-state index contributed by atoms with van der Waals surface area (Å²) < 4.78 is 0. The Labute approximate surface area is 100 Å². The highest BCUT2D eigenvalue weighted by Gasteiger charge is 2.34. The van der Waals surface area contributed by atoms with E-state index in [9.17, 15) is 4.79 Å². The highest BCUT2D eigenvalue weighted by molar-refractivity contribution is 5.96. The lowest BCUT2D eigenvalue weighted by molar-refractivity contribution is 0.0698. The second-order valence-corrected chi connectivity index (χ2v) is 4.97. The summed E-state index contributed by atoms with van der Waals surface area (Å²) in [5, 5.41) is 9.04. The fourth-order valence-corrected chi connectivity index (χ4v) is 2.36. The molecule has 0 bridgehead atoms. The summed E-state index contributed by atoms with van der Waals surface area (Å²) in [6, 6.07) is 1.43. The number of nitrogen functional groups attached to an aromatic ring is 1. The molecular weight excluding hydrogens is 218 g/mol. The van der Waals surface area contributed by atoms with Gasteiger partial charge in [-0.25, -0.2) is 9.78 Å². The number of pyridine rings is 1. The number of anilines is 2. The second kappa shape index (κ2) is 3.91. The normalized spacial score (nSPS) is 18.4. The van der Waals surface area contributed by atoms with Crippen LogP contribution >= 0.6 is 0 Å². The molecule has 2 heterocycles. The zero-order chi connectivity index (χ0) is 12.6. The molecule has 1 aromatic heterocycles. The molecule has 0 radical (unpaired) electrons. The third kappa shape index (κ3) is 1.92. The van der Waals surface area contributed by atoms with Crippen LogP contribution in [0.5, 0.6) is 0 Å². The van der Waals surface area contributed by atoms with Crippen molar-refractivity contribution < 1.29 is 9.90 Å². The van der Waals surface area contributed by atoms with Crippen LogP contribution in [0.2, 0.25) is 0 Å². The smallest absolute Gasteiger partial charge is 0.337 e. The van der Waals surface area contributed by atoms with Gasteiger partial charge in [-0.1, -0.05) is 0 Å². The Bertz CT molecular complexity index is 457. The number of carboxylic acid groups (broad SMARTS) is 1. The van der Waals surface area contributed by atoms with E-state index in [-0.39, 0.29) is 16.8 Å². The number of nitrogens with zero attached hydrogens (tertiary/aromatic N) is 2. The summed E-state index contributed by atoms with van der Waals surface area (Å²) in [5.41, 5.74) is 6.27. The number of carboxylic acids is 1. The van der Waals surface area contributed by atoms with Gasteiger partial charge < -0.3 is 15.7 Å². The summed E-state index contributed by atoms with van der Waals surface area (Å²) in [7, 11) is 0. The predicted octanol–water partition coefficient (Wildman–Crippen LogP) is 1.74. The number of aromatic nitrogens is 1. The van der Waals surface area contributed by atoms with Crippen LogP contribution in [-0.4, -0.2) is 28.1 Å². The first-order valence-electron chi connectivity index (χ1n) is 5.69. The zero-order valence-corrected chi connectivity index (χ0v) is 10.1. The van der Waals surface area contributed by atoms with E-state index >= 15 is 0 Å². The van der Waals surface area contributed by atoms with Crippen molar-refractivity contribution in [2.45, 2.75) is 32.2 Å². The summed E-state index contributed by atoms with van der Waals surface area (Å²) in [5.74, 6) is -0.421. The lowest BCUT2D eigenvalue weighted by atomic mass is 10.0. The van der Waals surface area contributed by atoms with Crippen molar-refractivity contribution in [1.82, 2.24) is 4.98 Å². The Kier molecular flexibility index (Phi) is 2.69. The van der Waals surface area contributed by atoms with E-state index in [1.54, 1.807) is 0 Å². The van der Waals surface area contributed by atoms with Crippen LogP contribution in [-0.2, 0) is 0 Å². The van der Waals surface area contributed by atoms with Gasteiger partial charge in [-0.15, -0.1) is 0 Å². The van der Waals surface area contributed by atoms with Crippen LogP contribution in [0.3, 0.4) is 0 Å². The van der Waals surface area contributed by atoms with E-state index in [4.69, 9.17) is 10.8 Å². The van der Waals surface area contributed by atoms with Crippen molar-refractivity contribution in [2.24, 2.45) is 0 Å². The molecule has 0 saturated carbocycles. The third-order valence-corrected chi connectivity index (χ3v) is 3.36. The minimum atomic E-state index is -1.01. The molecule has 0 unspecified atom stereocenters. The molecule has 92 valence electrons. The lowest BCUT2D eigenvalue weighted by Gasteiger charge is -2.33. The van der Waals surface area contributed by atoms with Crippen LogP contribution in [0.1, 0.15) is 37.0 Å². The van der Waals surface area contributed by atoms with Gasteiger partial charge in [0.2, 0.25) is 0 Å². The average Bonchev–Trinajstić information content (AvgIpc) is 2.58. The van der Waals surface area contributed by atoms with E-state index in [1.807, 2.05) is 0 Å². The predicted molar refractivity (Wildman–Crippen MR) is 66.3 cm³/mol. The fraction of sp³-hybridized carbons (Fsp3) is 0.500. The maximum Gasteiger partial charge on any atom is 0.337 e. The van der Waals surface area contributed by atoms with Crippen molar-refractivity contribution in [3.8, 4) is 0 Å². The van der Waals surface area contributed by atoms with Gasteiger partial charge in [-0.3, -0.25) is 0 Å². The van der Waals surface area contributed by atoms with Gasteiger partial charge in [0.15, 0.2) is 5.82 Å². The highest BCUT2D eigenvalue weighted by Crippen LogP contribution is 2.36.